The second-order valence-electron chi connectivity index (χ2n) is 6.98. The lowest BCUT2D eigenvalue weighted by atomic mass is 10.2. The number of nitrogens with zero attached hydrogens (tertiary/aromatic N) is 4. The van der Waals surface area contributed by atoms with E-state index in [1.54, 1.807) is 17.3 Å². The maximum Gasteiger partial charge on any atom is 0.270 e. The molecule has 2 aromatic rings. The Morgan fingerprint density at radius 2 is 2.04 bits per heavy atom. The second kappa shape index (κ2) is 7.10. The first-order chi connectivity index (χ1) is 13.0. The Hall–Kier alpha value is -2.17. The average Bonchev–Trinajstić information content (AvgIpc) is 3.42. The number of sulfonamides is 1. The molecule has 4 rings (SSSR count). The fourth-order valence-corrected chi connectivity index (χ4v) is 5.35. The van der Waals surface area contributed by atoms with E-state index in [4.69, 9.17) is 0 Å². The molecule has 2 aromatic heterocycles. The summed E-state index contributed by atoms with van der Waals surface area (Å²) in [5, 5.41) is 3.24. The van der Waals surface area contributed by atoms with E-state index in [0.29, 0.717) is 31.2 Å². The zero-order chi connectivity index (χ0) is 19.0. The average molecular weight is 392 g/mol. The normalized spacial score (nSPS) is 21.7. The highest BCUT2D eigenvalue weighted by molar-refractivity contribution is 7.89. The zero-order valence-corrected chi connectivity index (χ0v) is 16.1. The number of carbonyl (C=O) groups is 1. The van der Waals surface area contributed by atoms with Gasteiger partial charge in [-0.1, -0.05) is 0 Å². The van der Waals surface area contributed by atoms with E-state index in [9.17, 15) is 13.2 Å². The molecule has 2 saturated heterocycles. The number of aryl methyl sites for hydroxylation is 1. The molecule has 0 bridgehead atoms. The van der Waals surface area contributed by atoms with E-state index in [-0.39, 0.29) is 10.8 Å². The Morgan fingerprint density at radius 3 is 2.74 bits per heavy atom. The van der Waals surface area contributed by atoms with Gasteiger partial charge >= 0.3 is 0 Å². The standard InChI is InChI=1S/C17H24N6O3S/c1-21-8-5-19-16(21)15-12-18-4-9-23(15)27(25,26)13-10-14(20-11-13)17(24)22-6-2-3-7-22/h5,8,10-11,15,18,20H,2-4,6-7,9,12H2,1H3. The summed E-state index contributed by atoms with van der Waals surface area (Å²) in [6, 6.07) is 1.06. The molecular weight excluding hydrogens is 368 g/mol. The summed E-state index contributed by atoms with van der Waals surface area (Å²) in [6.07, 6.45) is 6.86. The Morgan fingerprint density at radius 1 is 1.26 bits per heavy atom. The Balaban J connectivity index is 1.62. The summed E-state index contributed by atoms with van der Waals surface area (Å²) in [4.78, 5) is 21.6. The zero-order valence-electron chi connectivity index (χ0n) is 15.3. The van der Waals surface area contributed by atoms with E-state index in [1.807, 2.05) is 11.6 Å². The quantitative estimate of drug-likeness (QED) is 0.780. The summed E-state index contributed by atoms with van der Waals surface area (Å²) in [5.41, 5.74) is 0.319. The molecule has 2 aliphatic heterocycles. The van der Waals surface area contributed by atoms with Gasteiger partial charge in [0.2, 0.25) is 10.0 Å². The number of aromatic amines is 1. The van der Waals surface area contributed by atoms with Crippen LogP contribution in [0.1, 0.15) is 35.2 Å². The minimum atomic E-state index is -3.75. The molecule has 1 atom stereocenters. The minimum absolute atomic E-state index is 0.117. The largest absolute Gasteiger partial charge is 0.356 e. The number of amides is 1. The van der Waals surface area contributed by atoms with Crippen LogP contribution in [0, 0.1) is 0 Å². The van der Waals surface area contributed by atoms with Gasteiger partial charge in [-0.25, -0.2) is 13.4 Å². The van der Waals surface area contributed by atoms with Crippen LogP contribution in [0.5, 0.6) is 0 Å². The van der Waals surface area contributed by atoms with Crippen LogP contribution in [0.2, 0.25) is 0 Å². The van der Waals surface area contributed by atoms with Gasteiger partial charge in [0, 0.05) is 58.4 Å². The minimum Gasteiger partial charge on any atom is -0.356 e. The predicted octanol–water partition coefficient (Wildman–Crippen LogP) is 0.319. The van der Waals surface area contributed by atoms with Crippen molar-refractivity contribution in [2.24, 2.45) is 7.05 Å². The van der Waals surface area contributed by atoms with Crippen LogP contribution in [0.4, 0.5) is 0 Å². The molecule has 0 spiro atoms. The number of hydrogen-bond donors (Lipinski definition) is 2. The van der Waals surface area contributed by atoms with Crippen LogP contribution in [0.3, 0.4) is 0 Å². The van der Waals surface area contributed by atoms with Gasteiger partial charge in [-0.15, -0.1) is 0 Å². The van der Waals surface area contributed by atoms with Crippen molar-refractivity contribution in [1.82, 2.24) is 29.1 Å². The number of aromatic nitrogens is 3. The molecule has 0 radical (unpaired) electrons. The molecule has 9 nitrogen and oxygen atoms in total. The van der Waals surface area contributed by atoms with Crippen LogP contribution in [-0.4, -0.2) is 70.8 Å². The smallest absolute Gasteiger partial charge is 0.270 e. The number of likely N-dealkylation sites (tertiary alicyclic amines) is 1. The molecule has 0 aromatic carbocycles. The fourth-order valence-electron chi connectivity index (χ4n) is 3.76. The van der Waals surface area contributed by atoms with Crippen molar-refractivity contribution < 1.29 is 13.2 Å². The first-order valence-corrected chi connectivity index (χ1v) is 10.6. The number of H-pyrrole nitrogens is 1. The third-order valence-electron chi connectivity index (χ3n) is 5.24. The molecule has 0 saturated carbocycles. The second-order valence-corrected chi connectivity index (χ2v) is 8.87. The van der Waals surface area contributed by atoms with E-state index in [1.165, 1.54) is 16.6 Å². The lowest BCUT2D eigenvalue weighted by molar-refractivity contribution is 0.0787. The number of nitrogens with one attached hydrogen (secondary N) is 2. The Bertz CT molecular complexity index is 928. The molecule has 2 N–H and O–H groups in total. The predicted molar refractivity (Wildman–Crippen MR) is 98.6 cm³/mol. The Kier molecular flexibility index (Phi) is 4.79. The Labute approximate surface area is 158 Å². The van der Waals surface area contributed by atoms with Crippen LogP contribution in [-0.2, 0) is 17.1 Å². The lowest BCUT2D eigenvalue weighted by Crippen LogP contribution is -2.49. The van der Waals surface area contributed by atoms with Gasteiger partial charge in [0.1, 0.15) is 16.4 Å². The molecule has 2 fully saturated rings. The van der Waals surface area contributed by atoms with E-state index in [0.717, 1.165) is 25.9 Å². The molecule has 146 valence electrons. The van der Waals surface area contributed by atoms with Gasteiger partial charge < -0.3 is 19.8 Å². The van der Waals surface area contributed by atoms with Crippen LogP contribution < -0.4 is 5.32 Å². The van der Waals surface area contributed by atoms with Crippen LogP contribution in [0.25, 0.3) is 0 Å². The first-order valence-electron chi connectivity index (χ1n) is 9.16. The first kappa shape index (κ1) is 18.2. The molecular formula is C17H24N6O3S. The van der Waals surface area contributed by atoms with E-state index in [2.05, 4.69) is 15.3 Å². The van der Waals surface area contributed by atoms with Crippen molar-refractivity contribution >= 4 is 15.9 Å². The summed E-state index contributed by atoms with van der Waals surface area (Å²) in [7, 11) is -1.90. The number of hydrogen-bond acceptors (Lipinski definition) is 5. The summed E-state index contributed by atoms with van der Waals surface area (Å²) in [6.45, 7) is 2.86. The van der Waals surface area contributed by atoms with E-state index >= 15 is 0 Å². The highest BCUT2D eigenvalue weighted by Gasteiger charge is 2.37. The van der Waals surface area contributed by atoms with Gasteiger partial charge in [-0.05, 0) is 18.9 Å². The topological polar surface area (TPSA) is 103 Å². The SMILES string of the molecule is Cn1ccnc1C1CNCCN1S(=O)(=O)c1c[nH]c(C(=O)N2CCCC2)c1. The molecule has 0 aliphatic carbocycles. The van der Waals surface area contributed by atoms with Crippen LogP contribution in [0.15, 0.2) is 29.6 Å². The number of carbonyl (C=O) groups excluding carboxylic acids is 1. The highest BCUT2D eigenvalue weighted by Crippen LogP contribution is 2.28. The maximum absolute atomic E-state index is 13.3. The van der Waals surface area contributed by atoms with Crippen molar-refractivity contribution in [3.05, 3.63) is 36.2 Å². The van der Waals surface area contributed by atoms with Crippen molar-refractivity contribution in [3.8, 4) is 0 Å². The lowest BCUT2D eigenvalue weighted by Gasteiger charge is -2.34. The van der Waals surface area contributed by atoms with Gasteiger partial charge in [0.15, 0.2) is 0 Å². The van der Waals surface area contributed by atoms with Crippen molar-refractivity contribution in [2.75, 3.05) is 32.7 Å². The molecule has 4 heterocycles. The van der Waals surface area contributed by atoms with Crippen LogP contribution >= 0.6 is 0 Å². The maximum atomic E-state index is 13.3. The molecule has 27 heavy (non-hydrogen) atoms. The summed E-state index contributed by atoms with van der Waals surface area (Å²) >= 11 is 0. The van der Waals surface area contributed by atoms with Gasteiger partial charge in [-0.2, -0.15) is 4.31 Å². The fraction of sp³-hybridized carbons (Fsp3) is 0.529. The third kappa shape index (κ3) is 3.28. The van der Waals surface area contributed by atoms with Crippen molar-refractivity contribution in [3.63, 3.8) is 0 Å². The summed E-state index contributed by atoms with van der Waals surface area (Å²) in [5.74, 6) is 0.546. The summed E-state index contributed by atoms with van der Waals surface area (Å²) < 4.78 is 29.9. The highest BCUT2D eigenvalue weighted by atomic mass is 32.2. The van der Waals surface area contributed by atoms with Gasteiger partial charge in [0.25, 0.3) is 5.91 Å². The molecule has 1 amide bonds. The molecule has 2 aliphatic rings. The van der Waals surface area contributed by atoms with E-state index < -0.39 is 16.1 Å². The van der Waals surface area contributed by atoms with Crippen molar-refractivity contribution in [1.29, 1.82) is 0 Å². The van der Waals surface area contributed by atoms with Gasteiger partial charge in [0.05, 0.1) is 6.04 Å². The van der Waals surface area contributed by atoms with Crippen molar-refractivity contribution in [2.45, 2.75) is 23.8 Å². The number of piperazine rings is 1. The third-order valence-corrected chi connectivity index (χ3v) is 7.12. The number of rotatable bonds is 4. The molecule has 1 unspecified atom stereocenters. The van der Waals surface area contributed by atoms with Gasteiger partial charge in [-0.3, -0.25) is 4.79 Å². The molecule has 10 heteroatoms. The number of imidazole rings is 1. The monoisotopic (exact) mass is 392 g/mol.